The molecule has 13 heavy (non-hydrogen) atoms. The predicted molar refractivity (Wildman–Crippen MR) is 51.5 cm³/mol. The standard InChI is InChI=1S/C9H11N3O/c10-8(11)6-9(13)12-7-4-2-1-3-5-7/h1-6H,10-11H2,(H,12,13). The summed E-state index contributed by atoms with van der Waals surface area (Å²) in [5, 5.41) is 2.60. The second-order valence-corrected chi connectivity index (χ2v) is 2.50. The van der Waals surface area contributed by atoms with Gasteiger partial charge in [0.1, 0.15) is 0 Å². The minimum Gasteiger partial charge on any atom is -0.386 e. The number of para-hydroxylation sites is 1. The lowest BCUT2D eigenvalue weighted by molar-refractivity contribution is -0.111. The van der Waals surface area contributed by atoms with E-state index in [-0.39, 0.29) is 11.7 Å². The van der Waals surface area contributed by atoms with Gasteiger partial charge in [0.25, 0.3) is 5.91 Å². The van der Waals surface area contributed by atoms with E-state index in [9.17, 15) is 4.79 Å². The third-order valence-corrected chi connectivity index (χ3v) is 1.34. The van der Waals surface area contributed by atoms with Crippen LogP contribution in [0.5, 0.6) is 0 Å². The maximum atomic E-state index is 11.1. The molecule has 0 aliphatic rings. The van der Waals surface area contributed by atoms with Crippen LogP contribution < -0.4 is 16.8 Å². The highest BCUT2D eigenvalue weighted by molar-refractivity contribution is 5.99. The fourth-order valence-electron chi connectivity index (χ4n) is 0.851. The summed E-state index contributed by atoms with van der Waals surface area (Å²) in [6, 6.07) is 9.07. The van der Waals surface area contributed by atoms with E-state index >= 15 is 0 Å². The minimum atomic E-state index is -0.328. The average Bonchev–Trinajstić information content (AvgIpc) is 2.04. The van der Waals surface area contributed by atoms with Crippen molar-refractivity contribution in [3.05, 3.63) is 42.2 Å². The normalized spacial score (nSPS) is 8.92. The molecule has 0 atom stereocenters. The van der Waals surface area contributed by atoms with Gasteiger partial charge in [0.05, 0.1) is 5.82 Å². The Morgan fingerprint density at radius 2 is 1.85 bits per heavy atom. The lowest BCUT2D eigenvalue weighted by Gasteiger charge is -2.00. The Morgan fingerprint density at radius 1 is 1.23 bits per heavy atom. The highest BCUT2D eigenvalue weighted by Gasteiger charge is 1.96. The summed E-state index contributed by atoms with van der Waals surface area (Å²) in [6.45, 7) is 0. The van der Waals surface area contributed by atoms with E-state index in [1.54, 1.807) is 12.1 Å². The van der Waals surface area contributed by atoms with Gasteiger partial charge >= 0.3 is 0 Å². The van der Waals surface area contributed by atoms with Gasteiger partial charge < -0.3 is 16.8 Å². The summed E-state index contributed by atoms with van der Waals surface area (Å²) in [5.74, 6) is -0.334. The molecule has 0 spiro atoms. The molecule has 0 bridgehead atoms. The number of nitrogens with two attached hydrogens (primary N) is 2. The molecule has 1 rings (SSSR count). The monoisotopic (exact) mass is 177 g/mol. The number of hydrogen-bond donors (Lipinski definition) is 3. The SMILES string of the molecule is NC(N)=CC(=O)Nc1ccccc1. The Kier molecular flexibility index (Phi) is 2.92. The van der Waals surface area contributed by atoms with Gasteiger partial charge in [-0.25, -0.2) is 0 Å². The van der Waals surface area contributed by atoms with Crippen molar-refractivity contribution in [3.63, 3.8) is 0 Å². The number of rotatable bonds is 2. The Balaban J connectivity index is 2.61. The van der Waals surface area contributed by atoms with E-state index in [4.69, 9.17) is 11.5 Å². The van der Waals surface area contributed by atoms with Crippen LogP contribution in [-0.2, 0) is 4.79 Å². The van der Waals surface area contributed by atoms with Gasteiger partial charge in [-0.2, -0.15) is 0 Å². The maximum Gasteiger partial charge on any atom is 0.251 e. The quantitative estimate of drug-likeness (QED) is 0.571. The lowest BCUT2D eigenvalue weighted by atomic mass is 10.3. The Morgan fingerprint density at radius 3 is 2.38 bits per heavy atom. The van der Waals surface area contributed by atoms with Crippen molar-refractivity contribution >= 4 is 11.6 Å². The van der Waals surface area contributed by atoms with Gasteiger partial charge in [-0.15, -0.1) is 0 Å². The van der Waals surface area contributed by atoms with E-state index in [1.165, 1.54) is 0 Å². The molecule has 1 aromatic carbocycles. The van der Waals surface area contributed by atoms with Gasteiger partial charge in [0, 0.05) is 11.8 Å². The molecule has 0 heterocycles. The number of carbonyl (C=O) groups is 1. The van der Waals surface area contributed by atoms with E-state index in [0.717, 1.165) is 6.08 Å². The molecule has 0 aliphatic carbocycles. The molecule has 5 N–H and O–H groups in total. The number of amides is 1. The average molecular weight is 177 g/mol. The van der Waals surface area contributed by atoms with Crippen LogP contribution >= 0.6 is 0 Å². The first-order valence-electron chi connectivity index (χ1n) is 3.77. The number of anilines is 1. The number of nitrogens with one attached hydrogen (secondary N) is 1. The van der Waals surface area contributed by atoms with E-state index in [1.807, 2.05) is 18.2 Å². The second-order valence-electron chi connectivity index (χ2n) is 2.50. The van der Waals surface area contributed by atoms with Gasteiger partial charge in [-0.3, -0.25) is 4.79 Å². The summed E-state index contributed by atoms with van der Waals surface area (Å²) in [4.78, 5) is 11.1. The summed E-state index contributed by atoms with van der Waals surface area (Å²) < 4.78 is 0. The zero-order chi connectivity index (χ0) is 9.68. The minimum absolute atomic E-state index is 0.00608. The van der Waals surface area contributed by atoms with Gasteiger partial charge in [0.15, 0.2) is 0 Å². The number of carbonyl (C=O) groups excluding carboxylic acids is 1. The van der Waals surface area contributed by atoms with Gasteiger partial charge in [-0.1, -0.05) is 18.2 Å². The third kappa shape index (κ3) is 3.29. The topological polar surface area (TPSA) is 81.1 Å². The molecule has 0 saturated heterocycles. The predicted octanol–water partition coefficient (Wildman–Crippen LogP) is 0.384. The molecule has 0 unspecified atom stereocenters. The largest absolute Gasteiger partial charge is 0.386 e. The van der Waals surface area contributed by atoms with Crippen LogP contribution in [0.1, 0.15) is 0 Å². The van der Waals surface area contributed by atoms with Crippen molar-refractivity contribution in [1.82, 2.24) is 0 Å². The molecular formula is C9H11N3O. The van der Waals surface area contributed by atoms with Crippen molar-refractivity contribution in [2.24, 2.45) is 11.5 Å². The third-order valence-electron chi connectivity index (χ3n) is 1.34. The van der Waals surface area contributed by atoms with Gasteiger partial charge in [0.2, 0.25) is 0 Å². The molecule has 0 saturated carbocycles. The molecule has 1 aromatic rings. The Hall–Kier alpha value is -1.97. The van der Waals surface area contributed by atoms with E-state index < -0.39 is 0 Å². The highest BCUT2D eigenvalue weighted by atomic mass is 16.1. The van der Waals surface area contributed by atoms with Crippen LogP contribution in [0.15, 0.2) is 42.2 Å². The molecule has 0 radical (unpaired) electrons. The van der Waals surface area contributed by atoms with Crippen LogP contribution in [0.25, 0.3) is 0 Å². The van der Waals surface area contributed by atoms with Crippen LogP contribution in [0, 0.1) is 0 Å². The molecule has 0 aliphatic heterocycles. The molecule has 0 aromatic heterocycles. The molecule has 1 amide bonds. The molecule has 4 nitrogen and oxygen atoms in total. The molecule has 4 heteroatoms. The van der Waals surface area contributed by atoms with Crippen molar-refractivity contribution < 1.29 is 4.79 Å². The maximum absolute atomic E-state index is 11.1. The summed E-state index contributed by atoms with van der Waals surface area (Å²) >= 11 is 0. The highest BCUT2D eigenvalue weighted by Crippen LogP contribution is 2.04. The number of hydrogen-bond acceptors (Lipinski definition) is 3. The van der Waals surface area contributed by atoms with Crippen LogP contribution in [0.4, 0.5) is 5.69 Å². The van der Waals surface area contributed by atoms with E-state index in [2.05, 4.69) is 5.32 Å². The summed E-state index contributed by atoms with van der Waals surface area (Å²) in [7, 11) is 0. The molecule has 0 fully saturated rings. The fraction of sp³-hybridized carbons (Fsp3) is 0. The summed E-state index contributed by atoms with van der Waals surface area (Å²) in [5.41, 5.74) is 11.0. The van der Waals surface area contributed by atoms with Crippen LogP contribution in [-0.4, -0.2) is 5.91 Å². The van der Waals surface area contributed by atoms with Crippen molar-refractivity contribution in [1.29, 1.82) is 0 Å². The number of benzene rings is 1. The molecular weight excluding hydrogens is 166 g/mol. The zero-order valence-corrected chi connectivity index (χ0v) is 7.03. The van der Waals surface area contributed by atoms with Crippen molar-refractivity contribution in [2.45, 2.75) is 0 Å². The zero-order valence-electron chi connectivity index (χ0n) is 7.03. The smallest absolute Gasteiger partial charge is 0.251 e. The fourth-order valence-corrected chi connectivity index (χ4v) is 0.851. The Bertz CT molecular complexity index is 315. The lowest BCUT2D eigenvalue weighted by Crippen LogP contribution is -2.15. The first kappa shape index (κ1) is 9.12. The second kappa shape index (κ2) is 4.15. The van der Waals surface area contributed by atoms with E-state index in [0.29, 0.717) is 5.69 Å². The Labute approximate surface area is 76.2 Å². The van der Waals surface area contributed by atoms with Crippen molar-refractivity contribution in [3.8, 4) is 0 Å². The van der Waals surface area contributed by atoms with Gasteiger partial charge in [-0.05, 0) is 12.1 Å². The van der Waals surface area contributed by atoms with Crippen molar-refractivity contribution in [2.75, 3.05) is 5.32 Å². The summed E-state index contributed by atoms with van der Waals surface area (Å²) in [6.07, 6.45) is 1.13. The first-order chi connectivity index (χ1) is 6.18. The first-order valence-corrected chi connectivity index (χ1v) is 3.77. The van der Waals surface area contributed by atoms with Crippen LogP contribution in [0.3, 0.4) is 0 Å². The molecule has 68 valence electrons. The van der Waals surface area contributed by atoms with Crippen LogP contribution in [0.2, 0.25) is 0 Å².